The zero-order valence-corrected chi connectivity index (χ0v) is 33.5. The molecular weight excluding hydrogens is 651 g/mol. The van der Waals surface area contributed by atoms with Crippen molar-refractivity contribution >= 4 is 19.8 Å². The molecule has 0 rings (SSSR count). The predicted octanol–water partition coefficient (Wildman–Crippen LogP) is 12.6. The molecule has 0 aliphatic rings. The van der Waals surface area contributed by atoms with Crippen LogP contribution in [0.15, 0.2) is 12.2 Å². The smallest absolute Gasteiger partial charge is 0.462 e. The molecule has 0 unspecified atom stereocenters. The molecule has 0 heterocycles. The van der Waals surface area contributed by atoms with Crippen LogP contribution in [-0.2, 0) is 28.2 Å². The molecule has 0 bridgehead atoms. The average Bonchev–Trinajstić information content (AvgIpc) is 3.08. The maximum absolute atomic E-state index is 12.4. The zero-order chi connectivity index (χ0) is 36.8. The van der Waals surface area contributed by atoms with Crippen LogP contribution in [0.3, 0.4) is 0 Å². The van der Waals surface area contributed by atoms with Crippen molar-refractivity contribution in [2.45, 2.75) is 225 Å². The highest BCUT2D eigenvalue weighted by Gasteiger charge is 2.22. The maximum Gasteiger partial charge on any atom is 0.469 e. The summed E-state index contributed by atoms with van der Waals surface area (Å²) in [5, 5.41) is 0. The monoisotopic (exact) mass is 731 g/mol. The predicted molar refractivity (Wildman–Crippen MR) is 207 cm³/mol. The van der Waals surface area contributed by atoms with E-state index in [1.54, 1.807) is 0 Å². The van der Waals surface area contributed by atoms with Gasteiger partial charge in [0.15, 0.2) is 6.10 Å². The Morgan fingerprint density at radius 1 is 0.500 bits per heavy atom. The molecule has 0 fully saturated rings. The maximum atomic E-state index is 12.4. The summed E-state index contributed by atoms with van der Waals surface area (Å²) in [5.41, 5.74) is 0. The van der Waals surface area contributed by atoms with Gasteiger partial charge in [0.1, 0.15) is 6.61 Å². The molecule has 0 radical (unpaired) electrons. The van der Waals surface area contributed by atoms with E-state index >= 15 is 0 Å². The summed E-state index contributed by atoms with van der Waals surface area (Å²) in [6.07, 6.45) is 40.7. The lowest BCUT2D eigenvalue weighted by Crippen LogP contribution is -2.29. The normalized spacial score (nSPS) is 12.5. The molecule has 50 heavy (non-hydrogen) atoms. The Kier molecular flexibility index (Phi) is 36.6. The van der Waals surface area contributed by atoms with Crippen molar-refractivity contribution in [3.05, 3.63) is 12.2 Å². The number of carbonyl (C=O) groups is 2. The molecule has 0 aliphatic heterocycles. The van der Waals surface area contributed by atoms with Gasteiger partial charge in [-0.3, -0.25) is 14.1 Å². The molecule has 2 N–H and O–H groups in total. The summed E-state index contributed by atoms with van der Waals surface area (Å²) in [6.45, 7) is 3.69. The quantitative estimate of drug-likeness (QED) is 0.0278. The van der Waals surface area contributed by atoms with Crippen LogP contribution in [0.5, 0.6) is 0 Å². The molecule has 0 saturated carbocycles. The summed E-state index contributed by atoms with van der Waals surface area (Å²) in [7, 11) is -4.75. The molecule has 0 aromatic heterocycles. The third kappa shape index (κ3) is 39.6. The van der Waals surface area contributed by atoms with Gasteiger partial charge in [0.2, 0.25) is 0 Å². The Bertz CT molecular complexity index is 827. The van der Waals surface area contributed by atoms with Gasteiger partial charge in [-0.05, 0) is 38.5 Å². The summed E-state index contributed by atoms with van der Waals surface area (Å²) in [5.74, 6) is -0.878. The molecule has 9 heteroatoms. The van der Waals surface area contributed by atoms with Crippen LogP contribution in [0.4, 0.5) is 0 Å². The van der Waals surface area contributed by atoms with Gasteiger partial charge in [0, 0.05) is 12.8 Å². The first-order valence-corrected chi connectivity index (χ1v) is 22.5. The van der Waals surface area contributed by atoms with E-state index < -0.39 is 32.5 Å². The van der Waals surface area contributed by atoms with Crippen molar-refractivity contribution in [1.82, 2.24) is 0 Å². The molecule has 0 aromatic carbocycles. The van der Waals surface area contributed by atoms with Crippen LogP contribution in [0.25, 0.3) is 0 Å². The van der Waals surface area contributed by atoms with Gasteiger partial charge in [0.05, 0.1) is 6.61 Å². The minimum absolute atomic E-state index is 0.211. The number of unbranched alkanes of at least 4 members (excludes halogenated alkanes) is 27. The van der Waals surface area contributed by atoms with Gasteiger partial charge in [0.25, 0.3) is 0 Å². The highest BCUT2D eigenvalue weighted by molar-refractivity contribution is 7.46. The van der Waals surface area contributed by atoms with Gasteiger partial charge in [-0.2, -0.15) is 0 Å². The van der Waals surface area contributed by atoms with Crippen LogP contribution in [0, 0.1) is 0 Å². The standard InChI is InChI=1S/C41H79O8P/c1-3-5-7-9-11-13-15-17-19-20-22-23-25-27-29-31-33-35-40(42)47-37-39(38-48-50(44,45)46)49-41(43)36-34-32-30-28-26-24-21-18-16-14-12-10-8-6-4-2/h14,16,39H,3-13,15,17-38H2,1-2H3,(H2,44,45,46)/b16-14-/t39-/m1/s1. The third-order valence-electron chi connectivity index (χ3n) is 9.28. The Balaban J connectivity index is 3.88. The zero-order valence-electron chi connectivity index (χ0n) is 32.6. The Morgan fingerprint density at radius 2 is 0.840 bits per heavy atom. The van der Waals surface area contributed by atoms with Crippen LogP contribution < -0.4 is 0 Å². The summed E-state index contributed by atoms with van der Waals surface area (Å²) >= 11 is 0. The first-order valence-electron chi connectivity index (χ1n) is 21.0. The van der Waals surface area contributed by atoms with Crippen molar-refractivity contribution in [3.63, 3.8) is 0 Å². The Morgan fingerprint density at radius 3 is 1.24 bits per heavy atom. The number of phosphoric acid groups is 1. The number of esters is 2. The lowest BCUT2D eigenvalue weighted by atomic mass is 10.0. The molecule has 296 valence electrons. The topological polar surface area (TPSA) is 119 Å². The van der Waals surface area contributed by atoms with E-state index in [1.807, 2.05) is 0 Å². The Labute approximate surface area is 307 Å². The van der Waals surface area contributed by atoms with E-state index in [4.69, 9.17) is 19.3 Å². The van der Waals surface area contributed by atoms with E-state index in [0.717, 1.165) is 44.9 Å². The van der Waals surface area contributed by atoms with Crippen LogP contribution in [0.1, 0.15) is 219 Å². The van der Waals surface area contributed by atoms with E-state index in [0.29, 0.717) is 6.42 Å². The molecular formula is C41H79O8P. The van der Waals surface area contributed by atoms with Crippen LogP contribution in [-0.4, -0.2) is 41.0 Å². The largest absolute Gasteiger partial charge is 0.469 e. The molecule has 0 amide bonds. The van der Waals surface area contributed by atoms with Crippen LogP contribution >= 0.6 is 7.82 Å². The molecule has 0 spiro atoms. The molecule has 0 saturated heterocycles. The fraction of sp³-hybridized carbons (Fsp3) is 0.902. The number of hydrogen-bond donors (Lipinski definition) is 2. The number of hydrogen-bond acceptors (Lipinski definition) is 6. The summed E-state index contributed by atoms with van der Waals surface area (Å²) in [6, 6.07) is 0. The lowest BCUT2D eigenvalue weighted by Gasteiger charge is -2.18. The van der Waals surface area contributed by atoms with Crippen LogP contribution in [0.2, 0.25) is 0 Å². The minimum atomic E-state index is -4.75. The van der Waals surface area contributed by atoms with E-state index in [9.17, 15) is 14.2 Å². The van der Waals surface area contributed by atoms with E-state index in [2.05, 4.69) is 30.5 Å². The molecule has 0 aliphatic carbocycles. The van der Waals surface area contributed by atoms with Crippen molar-refractivity contribution in [2.24, 2.45) is 0 Å². The average molecular weight is 731 g/mol. The lowest BCUT2D eigenvalue weighted by molar-refractivity contribution is -0.161. The van der Waals surface area contributed by atoms with Crippen molar-refractivity contribution in [2.75, 3.05) is 13.2 Å². The van der Waals surface area contributed by atoms with E-state index in [1.165, 1.54) is 141 Å². The van der Waals surface area contributed by atoms with Gasteiger partial charge >= 0.3 is 19.8 Å². The highest BCUT2D eigenvalue weighted by Crippen LogP contribution is 2.36. The number of ether oxygens (including phenoxy) is 2. The fourth-order valence-electron chi connectivity index (χ4n) is 6.13. The third-order valence-corrected chi connectivity index (χ3v) is 9.77. The first-order chi connectivity index (χ1) is 24.3. The molecule has 8 nitrogen and oxygen atoms in total. The number of phosphoric ester groups is 1. The SMILES string of the molecule is CCCCCC/C=C\CCCCCCCCCC(=O)O[C@H](COC(=O)CCCCCCCCCCCCCCCCCCC)COP(=O)(O)O. The van der Waals surface area contributed by atoms with Gasteiger partial charge in [-0.25, -0.2) is 4.57 Å². The summed E-state index contributed by atoms with van der Waals surface area (Å²) in [4.78, 5) is 42.8. The second-order valence-electron chi connectivity index (χ2n) is 14.3. The summed E-state index contributed by atoms with van der Waals surface area (Å²) < 4.78 is 26.4. The second kappa shape index (κ2) is 37.5. The number of allylic oxidation sites excluding steroid dienone is 2. The minimum Gasteiger partial charge on any atom is -0.462 e. The number of rotatable bonds is 39. The number of carbonyl (C=O) groups excluding carboxylic acids is 2. The van der Waals surface area contributed by atoms with Crippen molar-refractivity contribution in [3.8, 4) is 0 Å². The van der Waals surface area contributed by atoms with Gasteiger partial charge < -0.3 is 19.3 Å². The van der Waals surface area contributed by atoms with Gasteiger partial charge in [-0.1, -0.05) is 180 Å². The molecule has 0 aromatic rings. The van der Waals surface area contributed by atoms with Gasteiger partial charge in [-0.15, -0.1) is 0 Å². The van der Waals surface area contributed by atoms with E-state index in [-0.39, 0.29) is 19.4 Å². The first kappa shape index (κ1) is 48.8. The van der Waals surface area contributed by atoms with Crippen molar-refractivity contribution < 1.29 is 37.9 Å². The van der Waals surface area contributed by atoms with Crippen molar-refractivity contribution in [1.29, 1.82) is 0 Å². The molecule has 1 atom stereocenters. The fourth-order valence-corrected chi connectivity index (χ4v) is 6.49. The second-order valence-corrected chi connectivity index (χ2v) is 15.6. The highest BCUT2D eigenvalue weighted by atomic mass is 31.2. The Hall–Kier alpha value is -1.21.